The Kier molecular flexibility index (Phi) is 4.79. The lowest BCUT2D eigenvalue weighted by Gasteiger charge is -2.55. The molecule has 1 aromatic carbocycles. The molecule has 30 heavy (non-hydrogen) atoms. The summed E-state index contributed by atoms with van der Waals surface area (Å²) in [4.78, 5) is 37.1. The summed E-state index contributed by atoms with van der Waals surface area (Å²) in [7, 11) is 0. The molecule has 0 spiro atoms. The van der Waals surface area contributed by atoms with Crippen molar-refractivity contribution in [1.82, 2.24) is 10.9 Å². The lowest BCUT2D eigenvalue weighted by Crippen LogP contribution is -2.53. The van der Waals surface area contributed by atoms with Crippen LogP contribution >= 0.6 is 0 Å². The third-order valence-electron chi connectivity index (χ3n) is 6.93. The number of carbonyl (C=O) groups is 3. The molecule has 0 aromatic heterocycles. The Bertz CT molecular complexity index is 834. The van der Waals surface area contributed by atoms with Gasteiger partial charge in [-0.3, -0.25) is 25.2 Å². The molecule has 1 aliphatic heterocycles. The average Bonchev–Trinajstić information content (AvgIpc) is 2.74. The highest BCUT2D eigenvalue weighted by molar-refractivity contribution is 5.87. The van der Waals surface area contributed by atoms with E-state index in [2.05, 4.69) is 10.9 Å². The van der Waals surface area contributed by atoms with E-state index in [4.69, 9.17) is 14.2 Å². The number of amides is 2. The van der Waals surface area contributed by atoms with Crippen molar-refractivity contribution in [3.63, 3.8) is 0 Å². The highest BCUT2D eigenvalue weighted by atomic mass is 16.6. The zero-order valence-electron chi connectivity index (χ0n) is 16.7. The van der Waals surface area contributed by atoms with Gasteiger partial charge in [0.15, 0.2) is 18.1 Å². The van der Waals surface area contributed by atoms with Crippen LogP contribution in [0.4, 0.5) is 0 Å². The fourth-order valence-corrected chi connectivity index (χ4v) is 6.04. The van der Waals surface area contributed by atoms with E-state index in [0.29, 0.717) is 29.3 Å². The molecule has 160 valence electrons. The smallest absolute Gasteiger partial charge is 0.312 e. The summed E-state index contributed by atoms with van der Waals surface area (Å²) in [5.74, 6) is 1.54. The second-order valence-corrected chi connectivity index (χ2v) is 9.18. The molecule has 2 amide bonds. The van der Waals surface area contributed by atoms with Gasteiger partial charge in [0.25, 0.3) is 11.8 Å². The minimum Gasteiger partial charge on any atom is -0.485 e. The number of ether oxygens (including phenoxy) is 3. The van der Waals surface area contributed by atoms with Crippen LogP contribution in [0.25, 0.3) is 0 Å². The van der Waals surface area contributed by atoms with E-state index in [0.717, 1.165) is 19.3 Å². The van der Waals surface area contributed by atoms with Gasteiger partial charge >= 0.3 is 5.97 Å². The summed E-state index contributed by atoms with van der Waals surface area (Å²) in [5.41, 5.74) is 4.19. The van der Waals surface area contributed by atoms with Crippen LogP contribution in [0.1, 0.15) is 38.5 Å². The number of fused-ring (bicyclic) bond motifs is 1. The van der Waals surface area contributed by atoms with Crippen molar-refractivity contribution in [3.05, 3.63) is 24.3 Å². The van der Waals surface area contributed by atoms with E-state index in [1.54, 1.807) is 18.2 Å². The molecule has 1 heterocycles. The maximum absolute atomic E-state index is 12.8. The Morgan fingerprint density at radius 2 is 1.60 bits per heavy atom. The van der Waals surface area contributed by atoms with Crippen LogP contribution in [0.2, 0.25) is 0 Å². The molecule has 0 unspecified atom stereocenters. The van der Waals surface area contributed by atoms with E-state index >= 15 is 0 Å². The third kappa shape index (κ3) is 3.59. The SMILES string of the molecule is O=C(COC(=O)C12CC3CC(CC(C3)C1)C2)NNC(=O)[C@@H]1COc2ccccc2O1. The minimum atomic E-state index is -0.880. The first-order chi connectivity index (χ1) is 14.5. The van der Waals surface area contributed by atoms with Crippen molar-refractivity contribution in [3.8, 4) is 11.5 Å². The predicted molar refractivity (Wildman–Crippen MR) is 104 cm³/mol. The van der Waals surface area contributed by atoms with Crippen LogP contribution in [0.15, 0.2) is 24.3 Å². The van der Waals surface area contributed by atoms with Crippen molar-refractivity contribution >= 4 is 17.8 Å². The van der Waals surface area contributed by atoms with Crippen molar-refractivity contribution < 1.29 is 28.6 Å². The normalized spacial score (nSPS) is 32.9. The predicted octanol–water partition coefficient (Wildman–Crippen LogP) is 1.73. The fraction of sp³-hybridized carbons (Fsp3) is 0.591. The molecule has 8 heteroatoms. The van der Waals surface area contributed by atoms with Gasteiger partial charge in [-0.05, 0) is 68.4 Å². The van der Waals surface area contributed by atoms with Crippen LogP contribution in [-0.2, 0) is 19.1 Å². The van der Waals surface area contributed by atoms with Crippen molar-refractivity contribution in [1.29, 1.82) is 0 Å². The summed E-state index contributed by atoms with van der Waals surface area (Å²) >= 11 is 0. The van der Waals surface area contributed by atoms with Gasteiger partial charge in [0.05, 0.1) is 5.41 Å². The molecule has 4 aliphatic carbocycles. The van der Waals surface area contributed by atoms with E-state index in [1.165, 1.54) is 19.3 Å². The average molecular weight is 414 g/mol. The minimum absolute atomic E-state index is 0.0414. The Labute approximate surface area is 174 Å². The van der Waals surface area contributed by atoms with Gasteiger partial charge in [-0.2, -0.15) is 0 Å². The van der Waals surface area contributed by atoms with Gasteiger partial charge in [0, 0.05) is 0 Å². The lowest BCUT2D eigenvalue weighted by atomic mass is 9.49. The van der Waals surface area contributed by atoms with Crippen LogP contribution in [0.3, 0.4) is 0 Å². The summed E-state index contributed by atoms with van der Waals surface area (Å²) < 4.78 is 16.4. The molecule has 4 bridgehead atoms. The Balaban J connectivity index is 1.08. The second kappa shape index (κ2) is 7.49. The third-order valence-corrected chi connectivity index (χ3v) is 6.93. The Hall–Kier alpha value is -2.77. The van der Waals surface area contributed by atoms with Gasteiger partial charge in [0.2, 0.25) is 6.10 Å². The molecule has 4 fully saturated rings. The molecule has 1 aromatic rings. The fourth-order valence-electron chi connectivity index (χ4n) is 6.04. The zero-order valence-corrected chi connectivity index (χ0v) is 16.7. The lowest BCUT2D eigenvalue weighted by molar-refractivity contribution is -0.173. The van der Waals surface area contributed by atoms with Crippen LogP contribution in [0, 0.1) is 23.2 Å². The number of hydrogen-bond acceptors (Lipinski definition) is 6. The number of carbonyl (C=O) groups excluding carboxylic acids is 3. The van der Waals surface area contributed by atoms with Crippen molar-refractivity contribution in [2.24, 2.45) is 23.2 Å². The molecule has 1 atom stereocenters. The molecule has 5 aliphatic rings. The molecule has 2 N–H and O–H groups in total. The van der Waals surface area contributed by atoms with E-state index in [-0.39, 0.29) is 12.6 Å². The number of rotatable bonds is 4. The molecule has 6 rings (SSSR count). The molecule has 4 saturated carbocycles. The first-order valence-electron chi connectivity index (χ1n) is 10.7. The number of nitrogens with one attached hydrogen (secondary N) is 2. The zero-order chi connectivity index (χ0) is 20.7. The van der Waals surface area contributed by atoms with E-state index in [9.17, 15) is 14.4 Å². The quantitative estimate of drug-likeness (QED) is 0.575. The Morgan fingerprint density at radius 3 is 2.27 bits per heavy atom. The highest BCUT2D eigenvalue weighted by Gasteiger charge is 2.55. The van der Waals surface area contributed by atoms with Crippen LogP contribution in [0.5, 0.6) is 11.5 Å². The van der Waals surface area contributed by atoms with Crippen molar-refractivity contribution in [2.75, 3.05) is 13.2 Å². The maximum atomic E-state index is 12.8. The van der Waals surface area contributed by atoms with Crippen LogP contribution in [-0.4, -0.2) is 37.1 Å². The van der Waals surface area contributed by atoms with Gasteiger partial charge in [-0.1, -0.05) is 12.1 Å². The molecule has 0 radical (unpaired) electrons. The van der Waals surface area contributed by atoms with Gasteiger partial charge in [-0.15, -0.1) is 0 Å². The number of para-hydroxylation sites is 2. The largest absolute Gasteiger partial charge is 0.485 e. The topological polar surface area (TPSA) is 103 Å². The van der Waals surface area contributed by atoms with Gasteiger partial charge < -0.3 is 14.2 Å². The van der Waals surface area contributed by atoms with E-state index in [1.807, 2.05) is 6.07 Å². The summed E-state index contributed by atoms with van der Waals surface area (Å²) in [5, 5.41) is 0. The first kappa shape index (κ1) is 19.2. The number of esters is 1. The molecular formula is C22H26N2O6. The Morgan fingerprint density at radius 1 is 0.967 bits per heavy atom. The summed E-state index contributed by atoms with van der Waals surface area (Å²) in [6.07, 6.45) is 5.47. The van der Waals surface area contributed by atoms with Gasteiger partial charge in [0.1, 0.15) is 6.61 Å². The standard InChI is InChI=1S/C22H26N2O6/c25-19(23-24-20(26)18-11-28-16-3-1-2-4-17(16)30-18)12-29-21(27)22-8-13-5-14(9-22)7-15(6-13)10-22/h1-4,13-15,18H,5-12H2,(H,23,25)(H,24,26)/t13?,14?,15?,18-,22?/m0/s1. The number of hydrazine groups is 1. The second-order valence-electron chi connectivity index (χ2n) is 9.18. The first-order valence-corrected chi connectivity index (χ1v) is 10.7. The molecule has 0 saturated heterocycles. The maximum Gasteiger partial charge on any atom is 0.312 e. The molecule has 8 nitrogen and oxygen atoms in total. The number of hydrogen-bond donors (Lipinski definition) is 2. The van der Waals surface area contributed by atoms with Crippen LogP contribution < -0.4 is 20.3 Å². The summed E-state index contributed by atoms with van der Waals surface area (Å²) in [6.45, 7) is -0.370. The monoisotopic (exact) mass is 414 g/mol. The highest BCUT2D eigenvalue weighted by Crippen LogP contribution is 2.60. The van der Waals surface area contributed by atoms with E-state index < -0.39 is 29.9 Å². The van der Waals surface area contributed by atoms with Gasteiger partial charge in [-0.25, -0.2) is 0 Å². The number of benzene rings is 1. The molecular weight excluding hydrogens is 388 g/mol. The van der Waals surface area contributed by atoms with Crippen molar-refractivity contribution in [2.45, 2.75) is 44.6 Å². The summed E-state index contributed by atoms with van der Waals surface area (Å²) in [6, 6.07) is 7.05.